The van der Waals surface area contributed by atoms with Crippen LogP contribution in [0.2, 0.25) is 5.02 Å². The van der Waals surface area contributed by atoms with Crippen LogP contribution in [0, 0.1) is 25.2 Å². The number of carboxylic acid groups (broad SMARTS) is 1. The molecule has 1 atom stereocenters. The van der Waals surface area contributed by atoms with E-state index in [1.807, 2.05) is 55.1 Å². The standard InChI is InChI=1S/C37H38ClN5O6/c1-23-27(5-3-6-29(23)30-7-4-8-31(24(30)2)36(44)43-9-11-47-12-10-43)22-49-35-15-34(48-21-26-13-25(16-39)18-41-19-26)28(14-32(35)38)20-42-33(17-40)37(45)46/h3-8,13-15,18-19,33,42H,9-12,17,20-22,40H2,1-2H3,(H,45,46)/t33-/m0/s1. The number of amides is 1. The van der Waals surface area contributed by atoms with Crippen LogP contribution in [0.1, 0.15) is 43.7 Å². The van der Waals surface area contributed by atoms with Gasteiger partial charge in [0.1, 0.15) is 36.8 Å². The van der Waals surface area contributed by atoms with Crippen molar-refractivity contribution in [1.82, 2.24) is 15.2 Å². The second-order valence-electron chi connectivity index (χ2n) is 11.6. The molecule has 11 nitrogen and oxygen atoms in total. The zero-order chi connectivity index (χ0) is 34.9. The first-order valence-corrected chi connectivity index (χ1v) is 16.2. The van der Waals surface area contributed by atoms with Gasteiger partial charge in [-0.25, -0.2) is 0 Å². The number of aliphatic carboxylic acids is 1. The first kappa shape index (κ1) is 35.3. The van der Waals surface area contributed by atoms with E-state index >= 15 is 0 Å². The molecule has 0 spiro atoms. The number of aromatic nitrogens is 1. The molecule has 0 radical (unpaired) electrons. The summed E-state index contributed by atoms with van der Waals surface area (Å²) in [5.74, 6) is -0.282. The lowest BCUT2D eigenvalue weighted by atomic mass is 9.91. The Labute approximate surface area is 290 Å². The van der Waals surface area contributed by atoms with Gasteiger partial charge in [0.05, 0.1) is 23.8 Å². The molecule has 1 amide bonds. The lowest BCUT2D eigenvalue weighted by Gasteiger charge is -2.27. The van der Waals surface area contributed by atoms with E-state index in [4.69, 9.17) is 31.5 Å². The number of carbonyl (C=O) groups is 2. The minimum absolute atomic E-state index is 0.00152. The number of carboxylic acids is 1. The number of hydrogen-bond acceptors (Lipinski definition) is 9. The molecule has 1 fully saturated rings. The van der Waals surface area contributed by atoms with E-state index in [1.165, 1.54) is 6.20 Å². The molecule has 1 saturated heterocycles. The number of nitriles is 1. The molecule has 49 heavy (non-hydrogen) atoms. The summed E-state index contributed by atoms with van der Waals surface area (Å²) in [6, 6.07) is 17.9. The number of hydrogen-bond donors (Lipinski definition) is 3. The minimum Gasteiger partial charge on any atom is -0.488 e. The molecule has 0 unspecified atom stereocenters. The Kier molecular flexibility index (Phi) is 11.8. The summed E-state index contributed by atoms with van der Waals surface area (Å²) in [5.41, 5.74) is 12.8. The van der Waals surface area contributed by atoms with Gasteiger partial charge in [0.25, 0.3) is 5.91 Å². The molecule has 254 valence electrons. The summed E-state index contributed by atoms with van der Waals surface area (Å²) in [4.78, 5) is 30.8. The maximum atomic E-state index is 13.4. The predicted molar refractivity (Wildman–Crippen MR) is 184 cm³/mol. The number of rotatable bonds is 13. The van der Waals surface area contributed by atoms with Crippen molar-refractivity contribution in [3.05, 3.63) is 111 Å². The van der Waals surface area contributed by atoms with Crippen molar-refractivity contribution >= 4 is 23.5 Å². The molecule has 0 bridgehead atoms. The monoisotopic (exact) mass is 683 g/mol. The SMILES string of the molecule is Cc1c(COc2cc(OCc3cncc(C#N)c3)c(CN[C@@H](CN)C(=O)O)cc2Cl)cccc1-c1cccc(C(=O)N2CCOCC2)c1C. The third kappa shape index (κ3) is 8.54. The largest absolute Gasteiger partial charge is 0.488 e. The highest BCUT2D eigenvalue weighted by Crippen LogP contribution is 2.35. The highest BCUT2D eigenvalue weighted by molar-refractivity contribution is 6.32. The fourth-order valence-electron chi connectivity index (χ4n) is 5.64. The topological polar surface area (TPSA) is 160 Å². The Hall–Kier alpha value is -4.99. The summed E-state index contributed by atoms with van der Waals surface area (Å²) in [6.45, 7) is 6.54. The van der Waals surface area contributed by atoms with E-state index in [-0.39, 0.29) is 32.2 Å². The Morgan fingerprint density at radius 1 is 1.02 bits per heavy atom. The lowest BCUT2D eigenvalue weighted by Crippen LogP contribution is -2.42. The average molecular weight is 684 g/mol. The molecule has 0 aliphatic carbocycles. The van der Waals surface area contributed by atoms with Crippen molar-refractivity contribution < 1.29 is 28.9 Å². The smallest absolute Gasteiger partial charge is 0.322 e. The fraction of sp³-hybridized carbons (Fsp3) is 0.297. The van der Waals surface area contributed by atoms with Gasteiger partial charge in [0, 0.05) is 61.3 Å². The summed E-state index contributed by atoms with van der Waals surface area (Å²) in [5, 5.41) is 21.9. The first-order chi connectivity index (χ1) is 23.7. The molecule has 4 N–H and O–H groups in total. The number of nitrogens with one attached hydrogen (secondary N) is 1. The van der Waals surface area contributed by atoms with Crippen molar-refractivity contribution in [1.29, 1.82) is 5.26 Å². The first-order valence-electron chi connectivity index (χ1n) is 15.8. The maximum Gasteiger partial charge on any atom is 0.322 e. The van der Waals surface area contributed by atoms with Crippen LogP contribution in [0.25, 0.3) is 11.1 Å². The van der Waals surface area contributed by atoms with Crippen molar-refractivity contribution in [2.75, 3.05) is 32.8 Å². The van der Waals surface area contributed by atoms with Crippen molar-refractivity contribution in [2.24, 2.45) is 5.73 Å². The number of pyridine rings is 1. The number of carbonyl (C=O) groups excluding carboxylic acids is 1. The average Bonchev–Trinajstić information content (AvgIpc) is 3.11. The van der Waals surface area contributed by atoms with Crippen molar-refractivity contribution in [2.45, 2.75) is 39.6 Å². The van der Waals surface area contributed by atoms with E-state index in [1.54, 1.807) is 24.4 Å². The molecule has 3 aromatic carbocycles. The Balaban J connectivity index is 1.38. The lowest BCUT2D eigenvalue weighted by molar-refractivity contribution is -0.139. The van der Waals surface area contributed by atoms with Crippen LogP contribution in [-0.4, -0.2) is 65.8 Å². The zero-order valence-electron chi connectivity index (χ0n) is 27.4. The van der Waals surface area contributed by atoms with Gasteiger partial charge in [-0.1, -0.05) is 41.9 Å². The summed E-state index contributed by atoms with van der Waals surface area (Å²) >= 11 is 6.70. The quantitative estimate of drug-likeness (QED) is 0.175. The molecule has 1 aliphatic rings. The maximum absolute atomic E-state index is 13.4. The highest BCUT2D eigenvalue weighted by Gasteiger charge is 2.22. The third-order valence-electron chi connectivity index (χ3n) is 8.49. The minimum atomic E-state index is -1.07. The van der Waals surface area contributed by atoms with Gasteiger partial charge in [-0.3, -0.25) is 19.9 Å². The van der Waals surface area contributed by atoms with E-state index < -0.39 is 12.0 Å². The molecule has 1 aliphatic heterocycles. The Bertz CT molecular complexity index is 1870. The van der Waals surface area contributed by atoms with E-state index in [9.17, 15) is 20.0 Å². The number of ether oxygens (including phenoxy) is 3. The van der Waals surface area contributed by atoms with Crippen LogP contribution in [-0.2, 0) is 29.3 Å². The van der Waals surface area contributed by atoms with Gasteiger partial charge in [0.2, 0.25) is 0 Å². The summed E-state index contributed by atoms with van der Waals surface area (Å²) in [6.07, 6.45) is 3.07. The third-order valence-corrected chi connectivity index (χ3v) is 8.78. The van der Waals surface area contributed by atoms with Crippen LogP contribution in [0.3, 0.4) is 0 Å². The van der Waals surface area contributed by atoms with Gasteiger partial charge in [-0.15, -0.1) is 0 Å². The Morgan fingerprint density at radius 2 is 1.73 bits per heavy atom. The Morgan fingerprint density at radius 3 is 2.45 bits per heavy atom. The summed E-state index contributed by atoms with van der Waals surface area (Å²) < 4.78 is 17.8. The van der Waals surface area contributed by atoms with Gasteiger partial charge < -0.3 is 30.0 Å². The number of morpholine rings is 1. The fourth-order valence-corrected chi connectivity index (χ4v) is 5.88. The van der Waals surface area contributed by atoms with E-state index in [0.29, 0.717) is 65.1 Å². The molecule has 5 rings (SSSR count). The summed E-state index contributed by atoms with van der Waals surface area (Å²) in [7, 11) is 0. The zero-order valence-corrected chi connectivity index (χ0v) is 28.1. The molecule has 4 aromatic rings. The van der Waals surface area contributed by atoms with Gasteiger partial charge in [-0.2, -0.15) is 5.26 Å². The second-order valence-corrected chi connectivity index (χ2v) is 12.0. The second kappa shape index (κ2) is 16.4. The molecular formula is C37H38ClN5O6. The van der Waals surface area contributed by atoms with Crippen LogP contribution in [0.15, 0.2) is 67.0 Å². The molecule has 1 aromatic heterocycles. The van der Waals surface area contributed by atoms with Crippen LogP contribution in [0.4, 0.5) is 0 Å². The van der Waals surface area contributed by atoms with Crippen molar-refractivity contribution in [3.63, 3.8) is 0 Å². The molecule has 2 heterocycles. The van der Waals surface area contributed by atoms with Gasteiger partial charge >= 0.3 is 5.97 Å². The molecule has 0 saturated carbocycles. The van der Waals surface area contributed by atoms with Gasteiger partial charge in [0.15, 0.2) is 0 Å². The normalized spacial score (nSPS) is 13.4. The molecule has 12 heteroatoms. The number of benzene rings is 3. The number of nitrogens with zero attached hydrogens (tertiary/aromatic N) is 3. The highest BCUT2D eigenvalue weighted by atomic mass is 35.5. The van der Waals surface area contributed by atoms with E-state index in [2.05, 4.69) is 16.4 Å². The van der Waals surface area contributed by atoms with Crippen LogP contribution < -0.4 is 20.5 Å². The van der Waals surface area contributed by atoms with Gasteiger partial charge in [-0.05, 0) is 59.9 Å². The van der Waals surface area contributed by atoms with Crippen molar-refractivity contribution in [3.8, 4) is 28.7 Å². The van der Waals surface area contributed by atoms with Crippen LogP contribution >= 0.6 is 11.6 Å². The number of nitrogens with two attached hydrogens (primary N) is 1. The predicted octanol–water partition coefficient (Wildman–Crippen LogP) is 5.02. The number of halogens is 1. The molecular weight excluding hydrogens is 646 g/mol. The van der Waals surface area contributed by atoms with Crippen LogP contribution in [0.5, 0.6) is 11.5 Å². The van der Waals surface area contributed by atoms with E-state index in [0.717, 1.165) is 27.8 Å².